The molecule has 104 valence electrons. The third kappa shape index (κ3) is 3.09. The zero-order valence-electron chi connectivity index (χ0n) is 12.3. The van der Waals surface area contributed by atoms with Crippen LogP contribution >= 0.6 is 0 Å². The van der Waals surface area contributed by atoms with E-state index in [0.717, 1.165) is 24.9 Å². The van der Waals surface area contributed by atoms with Gasteiger partial charge >= 0.3 is 5.97 Å². The van der Waals surface area contributed by atoms with Crippen LogP contribution in [-0.4, -0.2) is 18.1 Å². The molecule has 0 saturated carbocycles. The van der Waals surface area contributed by atoms with E-state index in [1.165, 1.54) is 12.6 Å². The molecule has 0 N–H and O–H groups in total. The highest BCUT2D eigenvalue weighted by Crippen LogP contribution is 2.38. The van der Waals surface area contributed by atoms with Gasteiger partial charge in [0.25, 0.3) is 0 Å². The van der Waals surface area contributed by atoms with Crippen molar-refractivity contribution in [3.63, 3.8) is 0 Å². The summed E-state index contributed by atoms with van der Waals surface area (Å²) in [4.78, 5) is 13.7. The van der Waals surface area contributed by atoms with Crippen molar-refractivity contribution in [1.82, 2.24) is 0 Å². The molecule has 0 saturated heterocycles. The molecule has 1 aliphatic heterocycles. The predicted octanol–water partition coefficient (Wildman–Crippen LogP) is 3.69. The maximum Gasteiger partial charge on any atom is 0.303 e. The average Bonchev–Trinajstić information content (AvgIpc) is 2.48. The van der Waals surface area contributed by atoms with Crippen LogP contribution in [0.3, 0.4) is 0 Å². The van der Waals surface area contributed by atoms with E-state index in [9.17, 15) is 4.79 Å². The first kappa shape index (κ1) is 13.9. The van der Waals surface area contributed by atoms with Gasteiger partial charge in [-0.1, -0.05) is 18.2 Å². The summed E-state index contributed by atoms with van der Waals surface area (Å²) in [6.45, 7) is 9.13. The largest absolute Gasteiger partial charge is 0.458 e. The minimum absolute atomic E-state index is 0.0707. The van der Waals surface area contributed by atoms with Crippen LogP contribution in [0.1, 0.15) is 52.2 Å². The number of benzene rings is 1. The molecule has 0 radical (unpaired) electrons. The first-order chi connectivity index (χ1) is 8.89. The van der Waals surface area contributed by atoms with Gasteiger partial charge in [0.15, 0.2) is 0 Å². The number of hydrogen-bond donors (Lipinski definition) is 0. The van der Waals surface area contributed by atoms with E-state index in [1.807, 2.05) is 12.1 Å². The molecule has 2 rings (SSSR count). The Morgan fingerprint density at radius 3 is 2.63 bits per heavy atom. The lowest BCUT2D eigenvalue weighted by Gasteiger charge is -2.38. The van der Waals surface area contributed by atoms with Gasteiger partial charge in [-0.15, -0.1) is 0 Å². The van der Waals surface area contributed by atoms with Crippen LogP contribution in [0.25, 0.3) is 0 Å². The van der Waals surface area contributed by atoms with Crippen molar-refractivity contribution in [2.45, 2.75) is 52.2 Å². The third-order valence-electron chi connectivity index (χ3n) is 3.54. The molecule has 0 bridgehead atoms. The molecule has 1 unspecified atom stereocenters. The molecule has 0 aliphatic carbocycles. The topological polar surface area (TPSA) is 29.5 Å². The molecule has 1 aromatic carbocycles. The molecule has 1 atom stereocenters. The van der Waals surface area contributed by atoms with Gasteiger partial charge in [-0.25, -0.2) is 0 Å². The summed E-state index contributed by atoms with van der Waals surface area (Å²) in [5.74, 6) is -0.205. The maximum atomic E-state index is 11.3. The Morgan fingerprint density at radius 2 is 2.00 bits per heavy atom. The highest BCUT2D eigenvalue weighted by Gasteiger charge is 2.29. The molecular formula is C16H23NO2. The monoisotopic (exact) mass is 261 g/mol. The molecule has 1 heterocycles. The van der Waals surface area contributed by atoms with Crippen LogP contribution in [0.15, 0.2) is 24.3 Å². The number of nitrogens with zero attached hydrogens (tertiary/aromatic N) is 1. The van der Waals surface area contributed by atoms with Gasteiger partial charge in [0, 0.05) is 30.3 Å². The first-order valence-corrected chi connectivity index (χ1v) is 6.93. The number of ether oxygens (including phenoxy) is 1. The molecule has 0 aromatic heterocycles. The smallest absolute Gasteiger partial charge is 0.303 e. The van der Waals surface area contributed by atoms with Crippen molar-refractivity contribution in [1.29, 1.82) is 0 Å². The van der Waals surface area contributed by atoms with Gasteiger partial charge in [0.05, 0.1) is 0 Å². The highest BCUT2D eigenvalue weighted by atomic mass is 16.5. The minimum atomic E-state index is -0.205. The molecule has 3 heteroatoms. The molecule has 19 heavy (non-hydrogen) atoms. The van der Waals surface area contributed by atoms with Crippen LogP contribution in [0.2, 0.25) is 0 Å². The average molecular weight is 261 g/mol. The van der Waals surface area contributed by atoms with Crippen molar-refractivity contribution in [2.75, 3.05) is 11.4 Å². The van der Waals surface area contributed by atoms with Crippen molar-refractivity contribution in [3.05, 3.63) is 29.8 Å². The number of carbonyl (C=O) groups is 1. The fourth-order valence-electron chi connectivity index (χ4n) is 2.74. The van der Waals surface area contributed by atoms with E-state index in [4.69, 9.17) is 4.74 Å². The normalized spacial score (nSPS) is 19.6. The standard InChI is InChI=1S/C16H23NO2/c1-12(18)19-15-10-7-11-17(16(2,3)4)14-9-6-5-8-13(14)15/h5-6,8-9,15H,7,10-11H2,1-4H3. The number of esters is 1. The van der Waals surface area contributed by atoms with Crippen LogP contribution in [0, 0.1) is 0 Å². The zero-order chi connectivity index (χ0) is 14.0. The van der Waals surface area contributed by atoms with Gasteiger partial charge in [-0.2, -0.15) is 0 Å². The highest BCUT2D eigenvalue weighted by molar-refractivity contribution is 5.67. The summed E-state index contributed by atoms with van der Waals surface area (Å²) in [5, 5.41) is 0. The van der Waals surface area contributed by atoms with E-state index in [1.54, 1.807) is 0 Å². The Hall–Kier alpha value is -1.51. The van der Waals surface area contributed by atoms with Crippen molar-refractivity contribution in [2.24, 2.45) is 0 Å². The fourth-order valence-corrected chi connectivity index (χ4v) is 2.74. The maximum absolute atomic E-state index is 11.3. The molecule has 1 aliphatic rings. The summed E-state index contributed by atoms with van der Waals surface area (Å²) in [6.07, 6.45) is 1.81. The molecule has 0 spiro atoms. The van der Waals surface area contributed by atoms with Crippen molar-refractivity contribution < 1.29 is 9.53 Å². The van der Waals surface area contributed by atoms with Gasteiger partial charge in [0.2, 0.25) is 0 Å². The van der Waals surface area contributed by atoms with Crippen LogP contribution in [0.4, 0.5) is 5.69 Å². The van der Waals surface area contributed by atoms with Gasteiger partial charge in [-0.3, -0.25) is 4.79 Å². The number of fused-ring (bicyclic) bond motifs is 1. The number of rotatable bonds is 1. The lowest BCUT2D eigenvalue weighted by atomic mass is 10.0. The second-order valence-corrected chi connectivity index (χ2v) is 6.12. The van der Waals surface area contributed by atoms with Crippen LogP contribution in [-0.2, 0) is 9.53 Å². The number of anilines is 1. The van der Waals surface area contributed by atoms with Gasteiger partial charge in [-0.05, 0) is 39.7 Å². The van der Waals surface area contributed by atoms with Crippen LogP contribution in [0.5, 0.6) is 0 Å². The van der Waals surface area contributed by atoms with Crippen LogP contribution < -0.4 is 4.90 Å². The molecule has 3 nitrogen and oxygen atoms in total. The Bertz CT molecular complexity index is 462. The Balaban J connectivity index is 2.42. The summed E-state index contributed by atoms with van der Waals surface area (Å²) >= 11 is 0. The van der Waals surface area contributed by atoms with E-state index in [-0.39, 0.29) is 17.6 Å². The summed E-state index contributed by atoms with van der Waals surface area (Å²) in [6, 6.07) is 8.27. The molecule has 0 fully saturated rings. The van der Waals surface area contributed by atoms with E-state index in [2.05, 4.69) is 37.8 Å². The SMILES string of the molecule is CC(=O)OC1CCCN(C(C)(C)C)c2ccccc21. The molecule has 1 aromatic rings. The summed E-state index contributed by atoms with van der Waals surface area (Å²) < 4.78 is 5.49. The zero-order valence-corrected chi connectivity index (χ0v) is 12.3. The van der Waals surface area contributed by atoms with Crippen molar-refractivity contribution >= 4 is 11.7 Å². The van der Waals surface area contributed by atoms with Gasteiger partial charge in [0.1, 0.15) is 6.10 Å². The first-order valence-electron chi connectivity index (χ1n) is 6.93. The number of para-hydroxylation sites is 1. The van der Waals surface area contributed by atoms with Crippen molar-refractivity contribution in [3.8, 4) is 0 Å². The number of carbonyl (C=O) groups excluding carboxylic acids is 1. The second kappa shape index (κ2) is 5.24. The van der Waals surface area contributed by atoms with E-state index in [0.29, 0.717) is 0 Å². The lowest BCUT2D eigenvalue weighted by Crippen LogP contribution is -2.42. The Kier molecular flexibility index (Phi) is 3.83. The van der Waals surface area contributed by atoms with E-state index >= 15 is 0 Å². The predicted molar refractivity (Wildman–Crippen MR) is 77.3 cm³/mol. The Morgan fingerprint density at radius 1 is 1.32 bits per heavy atom. The Labute approximate surface area is 115 Å². The number of hydrogen-bond acceptors (Lipinski definition) is 3. The fraction of sp³-hybridized carbons (Fsp3) is 0.562. The lowest BCUT2D eigenvalue weighted by molar-refractivity contribution is -0.147. The second-order valence-electron chi connectivity index (χ2n) is 6.12. The molecule has 0 amide bonds. The minimum Gasteiger partial charge on any atom is -0.458 e. The van der Waals surface area contributed by atoms with Gasteiger partial charge < -0.3 is 9.64 Å². The third-order valence-corrected chi connectivity index (χ3v) is 3.54. The molecular weight excluding hydrogens is 238 g/mol. The quantitative estimate of drug-likeness (QED) is 0.722. The summed E-state index contributed by atoms with van der Waals surface area (Å²) in [5.41, 5.74) is 2.39. The summed E-state index contributed by atoms with van der Waals surface area (Å²) in [7, 11) is 0. The van der Waals surface area contributed by atoms with E-state index < -0.39 is 0 Å².